The summed E-state index contributed by atoms with van der Waals surface area (Å²) in [6.07, 6.45) is 3.96. The molecule has 1 aromatic heterocycles. The summed E-state index contributed by atoms with van der Waals surface area (Å²) in [5.41, 5.74) is 5.32. The van der Waals surface area contributed by atoms with Gasteiger partial charge in [-0.3, -0.25) is 4.79 Å². The Hall–Kier alpha value is -4.38. The topological polar surface area (TPSA) is 51.5 Å². The van der Waals surface area contributed by atoms with Crippen LogP contribution in [0.5, 0.6) is 5.75 Å². The summed E-state index contributed by atoms with van der Waals surface area (Å²) in [5, 5.41) is 6.19. The minimum Gasteiger partial charge on any atom is -0.496 e. The molecule has 0 saturated carbocycles. The van der Waals surface area contributed by atoms with Crippen LogP contribution in [-0.4, -0.2) is 19.6 Å². The van der Waals surface area contributed by atoms with Crippen molar-refractivity contribution in [3.63, 3.8) is 0 Å². The summed E-state index contributed by atoms with van der Waals surface area (Å²) in [7, 11) is 1.61. The number of amides is 1. The Bertz CT molecular complexity index is 1580. The Balaban J connectivity index is 1.40. The highest BCUT2D eigenvalue weighted by Crippen LogP contribution is 2.38. The van der Waals surface area contributed by atoms with Crippen molar-refractivity contribution >= 4 is 33.2 Å². The molecule has 0 aliphatic carbocycles. The maximum absolute atomic E-state index is 13.1. The third-order valence-electron chi connectivity index (χ3n) is 6.35. The molecule has 36 heavy (non-hydrogen) atoms. The molecule has 1 heterocycles. The van der Waals surface area contributed by atoms with Crippen LogP contribution < -0.4 is 10.1 Å². The van der Waals surface area contributed by atoms with Crippen molar-refractivity contribution in [1.82, 2.24) is 5.32 Å². The minimum absolute atomic E-state index is 0.196. The number of hydrogen-bond acceptors (Lipinski definition) is 3. The molecule has 0 saturated heterocycles. The summed E-state index contributed by atoms with van der Waals surface area (Å²) in [4.78, 5) is 12.6. The maximum atomic E-state index is 13.1. The third kappa shape index (κ3) is 4.86. The molecule has 0 bridgehead atoms. The van der Waals surface area contributed by atoms with Gasteiger partial charge in [0.15, 0.2) is 0 Å². The predicted octanol–water partition coefficient (Wildman–Crippen LogP) is 7.16. The van der Waals surface area contributed by atoms with Gasteiger partial charge in [0.25, 0.3) is 0 Å². The van der Waals surface area contributed by atoms with Crippen LogP contribution in [0.1, 0.15) is 18.1 Å². The molecule has 0 spiro atoms. The second-order valence-corrected chi connectivity index (χ2v) is 8.75. The van der Waals surface area contributed by atoms with Crippen molar-refractivity contribution in [2.24, 2.45) is 0 Å². The van der Waals surface area contributed by atoms with Crippen molar-refractivity contribution in [1.29, 1.82) is 0 Å². The SMILES string of the molecule is COc1cc2occ(-c3ccc4ccccc4c3)c2cc1/C(C)=C/C(=O)NCCc1ccc(F)cc1. The number of allylic oxidation sites excluding steroid dienone is 1. The molecule has 0 atom stereocenters. The van der Waals surface area contributed by atoms with Crippen LogP contribution in [0, 0.1) is 5.82 Å². The molecule has 0 aliphatic rings. The van der Waals surface area contributed by atoms with Crippen LogP contribution >= 0.6 is 0 Å². The first kappa shape index (κ1) is 23.4. The minimum atomic E-state index is -0.270. The largest absolute Gasteiger partial charge is 0.496 e. The molecule has 0 unspecified atom stereocenters. The highest BCUT2D eigenvalue weighted by atomic mass is 19.1. The normalized spacial score (nSPS) is 11.7. The molecular weight excluding hydrogens is 453 g/mol. The van der Waals surface area contributed by atoms with E-state index in [1.807, 2.05) is 31.2 Å². The molecule has 180 valence electrons. The van der Waals surface area contributed by atoms with Gasteiger partial charge in [0.2, 0.25) is 5.91 Å². The number of halogens is 1. The van der Waals surface area contributed by atoms with Gasteiger partial charge in [-0.05, 0) is 65.1 Å². The molecule has 0 aliphatic heterocycles. The molecule has 5 rings (SSSR count). The lowest BCUT2D eigenvalue weighted by Gasteiger charge is -2.10. The van der Waals surface area contributed by atoms with Gasteiger partial charge >= 0.3 is 0 Å². The van der Waals surface area contributed by atoms with Gasteiger partial charge < -0.3 is 14.5 Å². The average Bonchev–Trinajstić information content (AvgIpc) is 3.31. The zero-order valence-corrected chi connectivity index (χ0v) is 20.2. The first-order valence-corrected chi connectivity index (χ1v) is 11.8. The molecule has 1 N–H and O–H groups in total. The molecule has 0 radical (unpaired) electrons. The van der Waals surface area contributed by atoms with Gasteiger partial charge in [-0.15, -0.1) is 0 Å². The number of benzene rings is 4. The van der Waals surface area contributed by atoms with Crippen LogP contribution in [0.2, 0.25) is 0 Å². The Morgan fingerprint density at radius 1 is 1.00 bits per heavy atom. The number of hydrogen-bond donors (Lipinski definition) is 1. The van der Waals surface area contributed by atoms with Gasteiger partial charge in [-0.1, -0.05) is 48.5 Å². The maximum Gasteiger partial charge on any atom is 0.244 e. The zero-order valence-electron chi connectivity index (χ0n) is 20.2. The number of carbonyl (C=O) groups excluding carboxylic acids is 1. The molecule has 0 fully saturated rings. The van der Waals surface area contributed by atoms with Crippen molar-refractivity contribution in [2.75, 3.05) is 13.7 Å². The molecule has 4 nitrogen and oxygen atoms in total. The van der Waals surface area contributed by atoms with Crippen molar-refractivity contribution < 1.29 is 18.3 Å². The summed E-state index contributed by atoms with van der Waals surface area (Å²) in [6.45, 7) is 2.34. The summed E-state index contributed by atoms with van der Waals surface area (Å²) < 4.78 is 24.6. The van der Waals surface area contributed by atoms with E-state index in [9.17, 15) is 9.18 Å². The number of rotatable bonds is 7. The fourth-order valence-corrected chi connectivity index (χ4v) is 4.42. The van der Waals surface area contributed by atoms with E-state index < -0.39 is 0 Å². The first-order chi connectivity index (χ1) is 17.5. The number of fused-ring (bicyclic) bond motifs is 2. The number of furan rings is 1. The van der Waals surface area contributed by atoms with Crippen LogP contribution in [0.3, 0.4) is 0 Å². The van der Waals surface area contributed by atoms with Crippen molar-refractivity contribution in [3.8, 4) is 16.9 Å². The van der Waals surface area contributed by atoms with Crippen molar-refractivity contribution in [3.05, 3.63) is 108 Å². The van der Waals surface area contributed by atoms with E-state index in [-0.39, 0.29) is 11.7 Å². The number of nitrogens with one attached hydrogen (secondary N) is 1. The van der Waals surface area contributed by atoms with E-state index in [1.54, 1.807) is 31.6 Å². The predicted molar refractivity (Wildman–Crippen MR) is 142 cm³/mol. The Morgan fingerprint density at radius 3 is 2.56 bits per heavy atom. The smallest absolute Gasteiger partial charge is 0.244 e. The van der Waals surface area contributed by atoms with Gasteiger partial charge in [0.1, 0.15) is 17.1 Å². The van der Waals surface area contributed by atoms with Crippen molar-refractivity contribution in [2.45, 2.75) is 13.3 Å². The Labute approximate surface area is 209 Å². The molecule has 5 heteroatoms. The van der Waals surface area contributed by atoms with Gasteiger partial charge in [0, 0.05) is 35.2 Å². The lowest BCUT2D eigenvalue weighted by molar-refractivity contribution is -0.116. The lowest BCUT2D eigenvalue weighted by atomic mass is 9.97. The van der Waals surface area contributed by atoms with Gasteiger partial charge in [-0.25, -0.2) is 4.39 Å². The van der Waals surface area contributed by atoms with E-state index >= 15 is 0 Å². The standard InChI is InChI=1S/C31H26FNO3/c1-20(15-31(34)33-14-13-21-7-11-25(32)12-8-21)26-17-27-28(19-36-30(27)18-29(26)35-2)24-10-9-22-5-3-4-6-23(22)16-24/h3-12,15-19H,13-14H2,1-2H3,(H,33,34)/b20-15+. The summed E-state index contributed by atoms with van der Waals surface area (Å²) >= 11 is 0. The average molecular weight is 480 g/mol. The highest BCUT2D eigenvalue weighted by Gasteiger charge is 2.15. The summed E-state index contributed by atoms with van der Waals surface area (Å²) in [5.74, 6) is 0.169. The second-order valence-electron chi connectivity index (χ2n) is 8.75. The third-order valence-corrected chi connectivity index (χ3v) is 6.35. The molecule has 1 amide bonds. The first-order valence-electron chi connectivity index (χ1n) is 11.8. The van der Waals surface area contributed by atoms with Crippen LogP contribution in [0.4, 0.5) is 4.39 Å². The Kier molecular flexibility index (Phi) is 6.54. The number of ether oxygens (including phenoxy) is 1. The van der Waals surface area contributed by atoms with E-state index in [4.69, 9.17) is 9.15 Å². The lowest BCUT2D eigenvalue weighted by Crippen LogP contribution is -2.23. The van der Waals surface area contributed by atoms with Crippen LogP contribution in [0.15, 0.2) is 95.6 Å². The fourth-order valence-electron chi connectivity index (χ4n) is 4.42. The van der Waals surface area contributed by atoms with E-state index in [2.05, 4.69) is 35.6 Å². The number of methoxy groups -OCH3 is 1. The van der Waals surface area contributed by atoms with Crippen LogP contribution in [0.25, 0.3) is 38.4 Å². The Morgan fingerprint density at radius 2 is 1.78 bits per heavy atom. The molecule has 5 aromatic rings. The second kappa shape index (κ2) is 10.1. The van der Waals surface area contributed by atoms with E-state index in [0.29, 0.717) is 18.7 Å². The van der Waals surface area contributed by atoms with E-state index in [0.717, 1.165) is 44.2 Å². The van der Waals surface area contributed by atoms with Gasteiger partial charge in [-0.2, -0.15) is 0 Å². The fraction of sp³-hybridized carbons (Fsp3) is 0.129. The number of carbonyl (C=O) groups is 1. The van der Waals surface area contributed by atoms with Crippen LogP contribution in [-0.2, 0) is 11.2 Å². The van der Waals surface area contributed by atoms with E-state index in [1.165, 1.54) is 17.5 Å². The summed E-state index contributed by atoms with van der Waals surface area (Å²) in [6, 6.07) is 24.8. The highest BCUT2D eigenvalue weighted by molar-refractivity contribution is 6.01. The monoisotopic (exact) mass is 479 g/mol. The van der Waals surface area contributed by atoms with Gasteiger partial charge in [0.05, 0.1) is 13.4 Å². The quantitative estimate of drug-likeness (QED) is 0.252. The molecule has 4 aromatic carbocycles. The zero-order chi connectivity index (χ0) is 25.1. The molecular formula is C31H26FNO3.